The summed E-state index contributed by atoms with van der Waals surface area (Å²) in [5.41, 5.74) is 6.54. The van der Waals surface area contributed by atoms with Gasteiger partial charge in [0, 0.05) is 76.8 Å². The first-order chi connectivity index (χ1) is 20.7. The molecule has 9 N–H and O–H groups in total. The Hall–Kier alpha value is -2.75. The minimum absolute atomic E-state index is 0.0386. The van der Waals surface area contributed by atoms with Gasteiger partial charge in [0.25, 0.3) is 0 Å². The van der Waals surface area contributed by atoms with Gasteiger partial charge >= 0.3 is 0 Å². The van der Waals surface area contributed by atoms with E-state index in [1.165, 1.54) is 6.92 Å². The number of hydrogen-bond acceptors (Lipinski definition) is 11. The first-order valence-corrected chi connectivity index (χ1v) is 15.5. The Kier molecular flexibility index (Phi) is 22.1. The van der Waals surface area contributed by atoms with E-state index in [0.717, 1.165) is 25.7 Å². The first kappa shape index (κ1) is 41.2. The Morgan fingerprint density at radius 3 is 2.05 bits per heavy atom. The van der Waals surface area contributed by atoms with Crippen LogP contribution < -0.4 is 16.4 Å². The Labute approximate surface area is 262 Å². The zero-order valence-electron chi connectivity index (χ0n) is 26.9. The Bertz CT molecular complexity index is 876. The van der Waals surface area contributed by atoms with Crippen molar-refractivity contribution < 1.29 is 40.1 Å². The molecule has 0 saturated carbocycles. The zero-order chi connectivity index (χ0) is 33.7. The molecule has 0 aromatic carbocycles. The molecule has 14 heteroatoms. The van der Waals surface area contributed by atoms with Crippen LogP contribution in [0.1, 0.15) is 78.1 Å². The molecule has 256 valence electrons. The lowest BCUT2D eigenvalue weighted by Gasteiger charge is -2.32. The van der Waals surface area contributed by atoms with Crippen molar-refractivity contribution in [3.05, 3.63) is 24.6 Å². The SMILES string of the molecule is C=C(CCC(=O)N(O)CCCCCN)NCC(O)C(O)C(C)C(O)CN(C)C(=C)CCC(=O)NCCCCCN(O)C(C)=O. The van der Waals surface area contributed by atoms with E-state index in [2.05, 4.69) is 23.8 Å². The van der Waals surface area contributed by atoms with Crippen molar-refractivity contribution in [3.63, 3.8) is 0 Å². The number of carbonyl (C=O) groups is 3. The smallest absolute Gasteiger partial charge is 0.246 e. The molecule has 3 amide bonds. The summed E-state index contributed by atoms with van der Waals surface area (Å²) in [7, 11) is 1.73. The van der Waals surface area contributed by atoms with E-state index in [1.54, 1.807) is 18.9 Å². The number of rotatable bonds is 26. The molecule has 0 radical (unpaired) electrons. The third kappa shape index (κ3) is 18.8. The molecular formula is C30H58N6O8. The molecule has 0 saturated heterocycles. The van der Waals surface area contributed by atoms with E-state index in [9.17, 15) is 40.1 Å². The number of allylic oxidation sites excluding steroid dienone is 2. The summed E-state index contributed by atoms with van der Waals surface area (Å²) in [6.07, 6.45) is 1.86. The topological polar surface area (TPSA) is 212 Å². The highest BCUT2D eigenvalue weighted by Gasteiger charge is 2.29. The standard InChI is InChI=1S/C30H58N6O8/c1-22(12-15-29(41)36(44)19-10-6-8-16-31)33-20-26(38)30(42)24(3)27(39)21-34(5)23(2)13-14-28(40)32-17-9-7-11-18-35(43)25(4)37/h24,26-27,30,33,38-39,42-44H,1-2,6-21,31H2,3-5H3,(H,32,40). The van der Waals surface area contributed by atoms with Gasteiger partial charge in [0.15, 0.2) is 0 Å². The molecule has 44 heavy (non-hydrogen) atoms. The van der Waals surface area contributed by atoms with Gasteiger partial charge in [0.1, 0.15) is 0 Å². The summed E-state index contributed by atoms with van der Waals surface area (Å²) in [4.78, 5) is 36.9. The summed E-state index contributed by atoms with van der Waals surface area (Å²) in [5, 5.41) is 58.0. The quantitative estimate of drug-likeness (QED) is 0.0378. The van der Waals surface area contributed by atoms with E-state index >= 15 is 0 Å². The molecule has 0 rings (SSSR count). The summed E-state index contributed by atoms with van der Waals surface area (Å²) < 4.78 is 0. The number of hydroxylamine groups is 4. The first-order valence-electron chi connectivity index (χ1n) is 15.5. The monoisotopic (exact) mass is 630 g/mol. The maximum absolute atomic E-state index is 12.1. The number of aliphatic hydroxyl groups excluding tert-OH is 3. The summed E-state index contributed by atoms with van der Waals surface area (Å²) in [6, 6.07) is 0. The molecule has 0 aliphatic heterocycles. The molecule has 0 aliphatic carbocycles. The van der Waals surface area contributed by atoms with Gasteiger partial charge in [-0.05, 0) is 51.5 Å². The maximum Gasteiger partial charge on any atom is 0.246 e. The lowest BCUT2D eigenvalue weighted by atomic mass is 9.93. The van der Waals surface area contributed by atoms with Crippen LogP contribution in [-0.4, -0.2) is 123 Å². The van der Waals surface area contributed by atoms with Crippen LogP contribution in [0.15, 0.2) is 24.6 Å². The Morgan fingerprint density at radius 1 is 0.818 bits per heavy atom. The number of likely N-dealkylation sites (N-methyl/N-ethyl adjacent to an activating group) is 1. The third-order valence-corrected chi connectivity index (χ3v) is 7.48. The molecule has 0 aromatic rings. The van der Waals surface area contributed by atoms with Crippen LogP contribution in [-0.2, 0) is 14.4 Å². The highest BCUT2D eigenvalue weighted by atomic mass is 16.5. The number of hydrogen-bond donors (Lipinski definition) is 8. The van der Waals surface area contributed by atoms with Gasteiger partial charge in [-0.15, -0.1) is 0 Å². The van der Waals surface area contributed by atoms with Gasteiger partial charge in [-0.1, -0.05) is 26.5 Å². The minimum atomic E-state index is -1.25. The van der Waals surface area contributed by atoms with E-state index in [1.807, 2.05) is 0 Å². The molecule has 14 nitrogen and oxygen atoms in total. The highest BCUT2D eigenvalue weighted by molar-refractivity contribution is 5.76. The van der Waals surface area contributed by atoms with Gasteiger partial charge in [-0.3, -0.25) is 24.8 Å². The molecule has 4 atom stereocenters. The molecule has 0 heterocycles. The minimum Gasteiger partial charge on any atom is -0.391 e. The number of nitrogens with two attached hydrogens (primary N) is 1. The van der Waals surface area contributed by atoms with Crippen LogP contribution in [0.2, 0.25) is 0 Å². The maximum atomic E-state index is 12.1. The van der Waals surface area contributed by atoms with Crippen LogP contribution in [0, 0.1) is 5.92 Å². The Morgan fingerprint density at radius 2 is 1.43 bits per heavy atom. The summed E-state index contributed by atoms with van der Waals surface area (Å²) >= 11 is 0. The average Bonchev–Trinajstić information content (AvgIpc) is 2.99. The zero-order valence-corrected chi connectivity index (χ0v) is 26.9. The van der Waals surface area contributed by atoms with E-state index in [0.29, 0.717) is 53.9 Å². The van der Waals surface area contributed by atoms with Gasteiger partial charge < -0.3 is 36.6 Å². The molecule has 4 unspecified atom stereocenters. The van der Waals surface area contributed by atoms with Crippen molar-refractivity contribution in [2.24, 2.45) is 11.7 Å². The second-order valence-electron chi connectivity index (χ2n) is 11.3. The van der Waals surface area contributed by atoms with Crippen molar-refractivity contribution >= 4 is 17.7 Å². The van der Waals surface area contributed by atoms with E-state index < -0.39 is 36.0 Å². The van der Waals surface area contributed by atoms with Crippen molar-refractivity contribution in [1.29, 1.82) is 0 Å². The van der Waals surface area contributed by atoms with Crippen LogP contribution in [0.5, 0.6) is 0 Å². The second-order valence-corrected chi connectivity index (χ2v) is 11.3. The lowest BCUT2D eigenvalue weighted by Crippen LogP contribution is -2.46. The number of nitrogens with zero attached hydrogens (tertiary/aromatic N) is 3. The van der Waals surface area contributed by atoms with Gasteiger partial charge in [0.05, 0.1) is 18.3 Å². The van der Waals surface area contributed by atoms with Gasteiger partial charge in [-0.25, -0.2) is 10.1 Å². The predicted molar refractivity (Wildman–Crippen MR) is 167 cm³/mol. The average molecular weight is 631 g/mol. The van der Waals surface area contributed by atoms with Crippen molar-refractivity contribution in [2.45, 2.75) is 96.4 Å². The van der Waals surface area contributed by atoms with E-state index in [4.69, 9.17) is 5.73 Å². The number of amides is 3. The van der Waals surface area contributed by atoms with Crippen LogP contribution in [0.4, 0.5) is 0 Å². The van der Waals surface area contributed by atoms with Crippen molar-refractivity contribution in [3.8, 4) is 0 Å². The molecule has 0 spiro atoms. The molecule has 0 aromatic heterocycles. The van der Waals surface area contributed by atoms with E-state index in [-0.39, 0.29) is 51.3 Å². The molecular weight excluding hydrogens is 572 g/mol. The number of carbonyl (C=O) groups excluding carboxylic acids is 3. The fourth-order valence-corrected chi connectivity index (χ4v) is 4.19. The second kappa shape index (κ2) is 23.6. The van der Waals surface area contributed by atoms with Crippen molar-refractivity contribution in [2.75, 3.05) is 46.3 Å². The fraction of sp³-hybridized carbons (Fsp3) is 0.767. The molecule has 0 fully saturated rings. The van der Waals surface area contributed by atoms with Crippen LogP contribution in [0.3, 0.4) is 0 Å². The fourth-order valence-electron chi connectivity index (χ4n) is 4.19. The van der Waals surface area contributed by atoms with Crippen molar-refractivity contribution in [1.82, 2.24) is 25.7 Å². The summed E-state index contributed by atoms with van der Waals surface area (Å²) in [5.74, 6) is -1.65. The third-order valence-electron chi connectivity index (χ3n) is 7.48. The summed E-state index contributed by atoms with van der Waals surface area (Å²) in [6.45, 7) is 12.4. The normalized spacial score (nSPS) is 13.8. The van der Waals surface area contributed by atoms with Crippen LogP contribution >= 0.6 is 0 Å². The predicted octanol–water partition coefficient (Wildman–Crippen LogP) is 0.685. The largest absolute Gasteiger partial charge is 0.391 e. The Balaban J connectivity index is 4.29. The number of unbranched alkanes of at least 4 members (excludes halogenated alkanes) is 4. The van der Waals surface area contributed by atoms with Gasteiger partial charge in [-0.2, -0.15) is 0 Å². The molecule has 0 aliphatic rings. The number of nitrogens with one attached hydrogen (secondary N) is 2. The van der Waals surface area contributed by atoms with Gasteiger partial charge in [0.2, 0.25) is 17.7 Å². The lowest BCUT2D eigenvalue weighted by molar-refractivity contribution is -0.165. The number of aliphatic hydroxyl groups is 3. The molecule has 0 bridgehead atoms. The van der Waals surface area contributed by atoms with Crippen LogP contribution in [0.25, 0.3) is 0 Å². The highest BCUT2D eigenvalue weighted by Crippen LogP contribution is 2.16.